The van der Waals surface area contributed by atoms with Gasteiger partial charge in [-0.05, 0) is 30.7 Å². The number of anilines is 1. The Labute approximate surface area is 112 Å². The molecule has 0 aromatic heterocycles. The minimum Gasteiger partial charge on any atom is -0.409 e. The van der Waals surface area contributed by atoms with Crippen LogP contribution in [0.3, 0.4) is 0 Å². The molecule has 4 N–H and O–H groups in total. The molecule has 104 valence electrons. The van der Waals surface area contributed by atoms with Gasteiger partial charge in [0.1, 0.15) is 5.84 Å². The lowest BCUT2D eigenvalue weighted by molar-refractivity contribution is 0.0953. The third kappa shape index (κ3) is 4.87. The fraction of sp³-hybridized carbons (Fsp3) is 0.385. The van der Waals surface area contributed by atoms with Gasteiger partial charge >= 0.3 is 0 Å². The molecule has 0 aliphatic rings. The molecule has 0 saturated carbocycles. The summed E-state index contributed by atoms with van der Waals surface area (Å²) < 4.78 is 0. The average Bonchev–Trinajstić information content (AvgIpc) is 2.43. The highest BCUT2D eigenvalue weighted by Crippen LogP contribution is 2.11. The van der Waals surface area contributed by atoms with Crippen LogP contribution in [0.1, 0.15) is 23.2 Å². The molecule has 0 spiro atoms. The van der Waals surface area contributed by atoms with Crippen LogP contribution in [0.25, 0.3) is 0 Å². The van der Waals surface area contributed by atoms with E-state index in [9.17, 15) is 4.79 Å². The number of amides is 1. The molecular formula is C13H20N4O2. The van der Waals surface area contributed by atoms with Gasteiger partial charge in [0.05, 0.1) is 0 Å². The van der Waals surface area contributed by atoms with Crippen LogP contribution in [0.4, 0.5) is 5.69 Å². The van der Waals surface area contributed by atoms with E-state index in [-0.39, 0.29) is 11.7 Å². The van der Waals surface area contributed by atoms with Crippen LogP contribution >= 0.6 is 0 Å². The molecule has 6 nitrogen and oxygen atoms in total. The van der Waals surface area contributed by atoms with E-state index in [0.29, 0.717) is 24.9 Å². The number of hydrogen-bond donors (Lipinski definition) is 3. The van der Waals surface area contributed by atoms with Crippen LogP contribution in [0, 0.1) is 0 Å². The summed E-state index contributed by atoms with van der Waals surface area (Å²) in [4.78, 5) is 13.8. The zero-order valence-corrected chi connectivity index (χ0v) is 11.3. The van der Waals surface area contributed by atoms with Gasteiger partial charge in [0.2, 0.25) is 0 Å². The number of nitrogens with two attached hydrogens (primary N) is 1. The Hall–Kier alpha value is -2.24. The highest BCUT2D eigenvalue weighted by atomic mass is 16.4. The summed E-state index contributed by atoms with van der Waals surface area (Å²) in [7, 11) is 3.89. The number of rotatable bonds is 6. The molecule has 0 bridgehead atoms. The third-order valence-electron chi connectivity index (χ3n) is 2.67. The summed E-state index contributed by atoms with van der Waals surface area (Å²) in [5.41, 5.74) is 6.99. The van der Waals surface area contributed by atoms with E-state index in [1.54, 1.807) is 12.1 Å². The Morgan fingerprint density at radius 3 is 2.53 bits per heavy atom. The lowest BCUT2D eigenvalue weighted by atomic mass is 10.2. The summed E-state index contributed by atoms with van der Waals surface area (Å²) in [5.74, 6) is 0.0504. The second kappa shape index (κ2) is 7.25. The number of carbonyl (C=O) groups excluding carboxylic acids is 1. The number of nitrogens with one attached hydrogen (secondary N) is 1. The second-order valence-corrected chi connectivity index (χ2v) is 4.39. The Morgan fingerprint density at radius 2 is 2.00 bits per heavy atom. The van der Waals surface area contributed by atoms with Gasteiger partial charge in [-0.1, -0.05) is 5.16 Å². The van der Waals surface area contributed by atoms with Gasteiger partial charge in [0.25, 0.3) is 5.91 Å². The molecule has 0 aliphatic carbocycles. The van der Waals surface area contributed by atoms with Crippen molar-refractivity contribution in [3.63, 3.8) is 0 Å². The second-order valence-electron chi connectivity index (χ2n) is 4.39. The lowest BCUT2D eigenvalue weighted by Crippen LogP contribution is -2.25. The molecule has 6 heteroatoms. The quantitative estimate of drug-likeness (QED) is 0.235. The average molecular weight is 264 g/mol. The maximum absolute atomic E-state index is 11.8. The number of amidine groups is 1. The molecule has 0 saturated heterocycles. The van der Waals surface area contributed by atoms with E-state index < -0.39 is 0 Å². The van der Waals surface area contributed by atoms with Gasteiger partial charge in [-0.15, -0.1) is 0 Å². The van der Waals surface area contributed by atoms with Crippen molar-refractivity contribution >= 4 is 17.4 Å². The fourth-order valence-corrected chi connectivity index (χ4v) is 1.53. The van der Waals surface area contributed by atoms with Crippen LogP contribution in [0.5, 0.6) is 0 Å². The SMILES string of the molecule is CN(C)c1ccc(C(=O)NCCCC(N)=NO)cc1. The largest absolute Gasteiger partial charge is 0.409 e. The molecule has 1 aromatic carbocycles. The maximum atomic E-state index is 11.8. The van der Waals surface area contributed by atoms with Crippen LogP contribution in [-0.2, 0) is 0 Å². The first kappa shape index (κ1) is 14.8. The third-order valence-corrected chi connectivity index (χ3v) is 2.67. The zero-order valence-electron chi connectivity index (χ0n) is 11.3. The summed E-state index contributed by atoms with van der Waals surface area (Å²) in [6.07, 6.45) is 1.09. The van der Waals surface area contributed by atoms with Crippen molar-refractivity contribution in [3.05, 3.63) is 29.8 Å². The monoisotopic (exact) mass is 264 g/mol. The lowest BCUT2D eigenvalue weighted by Gasteiger charge is -2.12. The zero-order chi connectivity index (χ0) is 14.3. The van der Waals surface area contributed by atoms with E-state index in [1.807, 2.05) is 31.1 Å². The molecular weight excluding hydrogens is 244 g/mol. The Kier molecular flexibility index (Phi) is 5.66. The number of carbonyl (C=O) groups is 1. The van der Waals surface area contributed by atoms with Gasteiger partial charge in [-0.25, -0.2) is 0 Å². The van der Waals surface area contributed by atoms with E-state index in [4.69, 9.17) is 10.9 Å². The van der Waals surface area contributed by atoms with E-state index in [0.717, 1.165) is 5.69 Å². The van der Waals surface area contributed by atoms with E-state index >= 15 is 0 Å². The number of oxime groups is 1. The molecule has 0 atom stereocenters. The minimum atomic E-state index is -0.121. The predicted octanol–water partition coefficient (Wildman–Crippen LogP) is 1.01. The summed E-state index contributed by atoms with van der Waals surface area (Å²) in [6.45, 7) is 0.491. The highest BCUT2D eigenvalue weighted by molar-refractivity contribution is 5.94. The molecule has 0 radical (unpaired) electrons. The topological polar surface area (TPSA) is 91.0 Å². The van der Waals surface area contributed by atoms with Gasteiger partial charge in [0.15, 0.2) is 0 Å². The van der Waals surface area contributed by atoms with Crippen molar-refractivity contribution < 1.29 is 10.0 Å². The first-order chi connectivity index (χ1) is 9.04. The van der Waals surface area contributed by atoms with Gasteiger partial charge in [-0.3, -0.25) is 4.79 Å². The van der Waals surface area contributed by atoms with Gasteiger partial charge in [-0.2, -0.15) is 0 Å². The highest BCUT2D eigenvalue weighted by Gasteiger charge is 2.05. The number of hydrogen-bond acceptors (Lipinski definition) is 4. The van der Waals surface area contributed by atoms with Crippen molar-refractivity contribution in [2.75, 3.05) is 25.5 Å². The molecule has 1 amide bonds. The van der Waals surface area contributed by atoms with Gasteiger partial charge in [0, 0.05) is 38.3 Å². The Bertz CT molecular complexity index is 440. The normalized spacial score (nSPS) is 11.2. The van der Waals surface area contributed by atoms with Gasteiger partial charge < -0.3 is 21.2 Å². The molecule has 1 aromatic rings. The fourth-order valence-electron chi connectivity index (χ4n) is 1.53. The summed E-state index contributed by atoms with van der Waals surface area (Å²) in [6, 6.07) is 7.36. The van der Waals surface area contributed by atoms with E-state index in [1.165, 1.54) is 0 Å². The van der Waals surface area contributed by atoms with Crippen molar-refractivity contribution in [2.45, 2.75) is 12.8 Å². The van der Waals surface area contributed by atoms with Crippen LogP contribution < -0.4 is 16.0 Å². The smallest absolute Gasteiger partial charge is 0.251 e. The summed E-state index contributed by atoms with van der Waals surface area (Å²) >= 11 is 0. The first-order valence-corrected chi connectivity index (χ1v) is 6.06. The Morgan fingerprint density at radius 1 is 1.37 bits per heavy atom. The standard InChI is InChI=1S/C13H20N4O2/c1-17(2)11-7-5-10(6-8-11)13(18)15-9-3-4-12(14)16-19/h5-8,19H,3-4,9H2,1-2H3,(H2,14,16)(H,15,18). The number of benzene rings is 1. The van der Waals surface area contributed by atoms with Crippen molar-refractivity contribution in [2.24, 2.45) is 10.9 Å². The molecule has 0 unspecified atom stereocenters. The predicted molar refractivity (Wildman–Crippen MR) is 75.7 cm³/mol. The maximum Gasteiger partial charge on any atom is 0.251 e. The number of nitrogens with zero attached hydrogens (tertiary/aromatic N) is 2. The molecule has 0 aliphatic heterocycles. The van der Waals surface area contributed by atoms with Crippen molar-refractivity contribution in [1.82, 2.24) is 5.32 Å². The van der Waals surface area contributed by atoms with Crippen LogP contribution in [0.15, 0.2) is 29.4 Å². The molecule has 0 fully saturated rings. The molecule has 1 rings (SSSR count). The van der Waals surface area contributed by atoms with Crippen LogP contribution in [-0.4, -0.2) is 37.6 Å². The van der Waals surface area contributed by atoms with Crippen molar-refractivity contribution in [3.8, 4) is 0 Å². The first-order valence-electron chi connectivity index (χ1n) is 6.06. The Balaban J connectivity index is 2.41. The minimum absolute atomic E-state index is 0.121. The molecule has 0 heterocycles. The van der Waals surface area contributed by atoms with Crippen LogP contribution in [0.2, 0.25) is 0 Å². The van der Waals surface area contributed by atoms with Crippen molar-refractivity contribution in [1.29, 1.82) is 0 Å². The van der Waals surface area contributed by atoms with E-state index in [2.05, 4.69) is 10.5 Å². The summed E-state index contributed by atoms with van der Waals surface area (Å²) in [5, 5.41) is 14.0. The molecule has 19 heavy (non-hydrogen) atoms.